The predicted molar refractivity (Wildman–Crippen MR) is 65.2 cm³/mol. The molecule has 0 aromatic rings. The SMILES string of the molecule is CNC(C)C(=O)N1CCC2(CCCC2)CC1. The van der Waals surface area contributed by atoms with Crippen LogP contribution < -0.4 is 5.32 Å². The van der Waals surface area contributed by atoms with Crippen molar-refractivity contribution in [2.24, 2.45) is 5.41 Å². The van der Waals surface area contributed by atoms with Gasteiger partial charge in [-0.1, -0.05) is 12.8 Å². The molecule has 1 aliphatic heterocycles. The molecule has 1 atom stereocenters. The van der Waals surface area contributed by atoms with Crippen LogP contribution in [0.4, 0.5) is 0 Å². The third kappa shape index (κ3) is 2.24. The molecule has 1 heterocycles. The average molecular weight is 224 g/mol. The minimum Gasteiger partial charge on any atom is -0.341 e. The lowest BCUT2D eigenvalue weighted by Crippen LogP contribution is -2.48. The van der Waals surface area contributed by atoms with E-state index in [2.05, 4.69) is 5.32 Å². The first-order valence-electron chi connectivity index (χ1n) is 6.63. The second-order valence-corrected chi connectivity index (χ2v) is 5.54. The van der Waals surface area contributed by atoms with Gasteiger partial charge in [-0.15, -0.1) is 0 Å². The van der Waals surface area contributed by atoms with Crippen molar-refractivity contribution in [3.63, 3.8) is 0 Å². The summed E-state index contributed by atoms with van der Waals surface area (Å²) in [4.78, 5) is 14.0. The van der Waals surface area contributed by atoms with E-state index in [9.17, 15) is 4.79 Å². The van der Waals surface area contributed by atoms with E-state index in [0.29, 0.717) is 5.41 Å². The molecule has 2 fully saturated rings. The Morgan fingerprint density at radius 2 is 1.75 bits per heavy atom. The second-order valence-electron chi connectivity index (χ2n) is 5.54. The molecule has 0 bridgehead atoms. The second kappa shape index (κ2) is 4.74. The number of likely N-dealkylation sites (N-methyl/N-ethyl adjacent to an activating group) is 1. The highest BCUT2D eigenvalue weighted by Crippen LogP contribution is 2.46. The first-order valence-corrected chi connectivity index (χ1v) is 6.63. The third-order valence-electron chi connectivity index (χ3n) is 4.60. The zero-order chi connectivity index (χ0) is 11.6. The van der Waals surface area contributed by atoms with Crippen molar-refractivity contribution in [3.05, 3.63) is 0 Å². The van der Waals surface area contributed by atoms with E-state index in [-0.39, 0.29) is 11.9 Å². The van der Waals surface area contributed by atoms with Crippen LogP contribution in [-0.4, -0.2) is 37.0 Å². The quantitative estimate of drug-likeness (QED) is 0.775. The Morgan fingerprint density at radius 1 is 1.19 bits per heavy atom. The summed E-state index contributed by atoms with van der Waals surface area (Å²) in [5, 5.41) is 3.03. The van der Waals surface area contributed by atoms with Crippen LogP contribution in [0, 0.1) is 5.41 Å². The summed E-state index contributed by atoms with van der Waals surface area (Å²) in [5.74, 6) is 0.273. The van der Waals surface area contributed by atoms with Crippen LogP contribution in [-0.2, 0) is 4.79 Å². The molecule has 1 spiro atoms. The first-order chi connectivity index (χ1) is 7.67. The maximum absolute atomic E-state index is 12.0. The highest BCUT2D eigenvalue weighted by atomic mass is 16.2. The highest BCUT2D eigenvalue weighted by Gasteiger charge is 2.38. The predicted octanol–water partition coefficient (Wildman–Crippen LogP) is 1.78. The summed E-state index contributed by atoms with van der Waals surface area (Å²) in [5.41, 5.74) is 0.611. The summed E-state index contributed by atoms with van der Waals surface area (Å²) in [6.45, 7) is 3.90. The van der Waals surface area contributed by atoms with Gasteiger partial charge in [-0.25, -0.2) is 0 Å². The Bertz CT molecular complexity index is 249. The first kappa shape index (κ1) is 11.9. The molecule has 1 aliphatic carbocycles. The summed E-state index contributed by atoms with van der Waals surface area (Å²) < 4.78 is 0. The van der Waals surface area contributed by atoms with Gasteiger partial charge in [0.2, 0.25) is 5.91 Å². The Kier molecular flexibility index (Phi) is 3.53. The normalized spacial score (nSPS) is 26.0. The molecule has 16 heavy (non-hydrogen) atoms. The summed E-state index contributed by atoms with van der Waals surface area (Å²) in [6.07, 6.45) is 8.07. The molecule has 1 amide bonds. The van der Waals surface area contributed by atoms with Gasteiger partial charge in [0.05, 0.1) is 6.04 Å². The number of likely N-dealkylation sites (tertiary alicyclic amines) is 1. The lowest BCUT2D eigenvalue weighted by molar-refractivity contribution is -0.135. The van der Waals surface area contributed by atoms with E-state index < -0.39 is 0 Å². The minimum absolute atomic E-state index is 0.0300. The van der Waals surface area contributed by atoms with Crippen LogP contribution in [0.15, 0.2) is 0 Å². The van der Waals surface area contributed by atoms with E-state index in [1.807, 2.05) is 18.9 Å². The fourth-order valence-electron chi connectivity index (χ4n) is 3.22. The van der Waals surface area contributed by atoms with Gasteiger partial charge in [-0.2, -0.15) is 0 Å². The van der Waals surface area contributed by atoms with Crippen LogP contribution in [0.25, 0.3) is 0 Å². The molecule has 1 saturated carbocycles. The number of piperidine rings is 1. The fraction of sp³-hybridized carbons (Fsp3) is 0.923. The molecule has 1 unspecified atom stereocenters. The van der Waals surface area contributed by atoms with Crippen molar-refractivity contribution in [2.75, 3.05) is 20.1 Å². The van der Waals surface area contributed by atoms with Crippen LogP contribution in [0.2, 0.25) is 0 Å². The average Bonchev–Trinajstić information content (AvgIpc) is 2.77. The van der Waals surface area contributed by atoms with Crippen molar-refractivity contribution in [1.82, 2.24) is 10.2 Å². The number of hydrogen-bond acceptors (Lipinski definition) is 2. The van der Waals surface area contributed by atoms with Gasteiger partial charge in [-0.3, -0.25) is 4.79 Å². The van der Waals surface area contributed by atoms with Gasteiger partial charge >= 0.3 is 0 Å². The lowest BCUT2D eigenvalue weighted by atomic mass is 9.77. The molecule has 1 saturated heterocycles. The van der Waals surface area contributed by atoms with Crippen molar-refractivity contribution < 1.29 is 4.79 Å². The van der Waals surface area contributed by atoms with E-state index in [1.165, 1.54) is 38.5 Å². The maximum atomic E-state index is 12.0. The van der Waals surface area contributed by atoms with Crippen LogP contribution in [0.1, 0.15) is 45.4 Å². The number of amides is 1. The Balaban J connectivity index is 1.87. The lowest BCUT2D eigenvalue weighted by Gasteiger charge is -2.40. The molecule has 1 N–H and O–H groups in total. The molecule has 3 heteroatoms. The monoisotopic (exact) mass is 224 g/mol. The largest absolute Gasteiger partial charge is 0.341 e. The van der Waals surface area contributed by atoms with Crippen molar-refractivity contribution in [2.45, 2.75) is 51.5 Å². The topological polar surface area (TPSA) is 32.3 Å². The van der Waals surface area contributed by atoms with Crippen LogP contribution >= 0.6 is 0 Å². The van der Waals surface area contributed by atoms with Crippen LogP contribution in [0.5, 0.6) is 0 Å². The number of nitrogens with one attached hydrogen (secondary N) is 1. The fourth-order valence-corrected chi connectivity index (χ4v) is 3.22. The van der Waals surface area contributed by atoms with E-state index in [4.69, 9.17) is 0 Å². The molecule has 92 valence electrons. The number of hydrogen-bond donors (Lipinski definition) is 1. The number of carbonyl (C=O) groups is 1. The van der Waals surface area contributed by atoms with Gasteiger partial charge in [-0.05, 0) is 45.1 Å². The summed E-state index contributed by atoms with van der Waals surface area (Å²) in [7, 11) is 1.85. The van der Waals surface area contributed by atoms with Crippen molar-refractivity contribution in [1.29, 1.82) is 0 Å². The van der Waals surface area contributed by atoms with E-state index in [0.717, 1.165) is 13.1 Å². The zero-order valence-electron chi connectivity index (χ0n) is 10.6. The molecule has 0 aromatic carbocycles. The Morgan fingerprint density at radius 3 is 2.25 bits per heavy atom. The molecule has 2 rings (SSSR count). The van der Waals surface area contributed by atoms with Gasteiger partial charge in [0, 0.05) is 13.1 Å². The minimum atomic E-state index is -0.0300. The molecule has 0 aromatic heterocycles. The zero-order valence-corrected chi connectivity index (χ0v) is 10.6. The number of nitrogens with zero attached hydrogens (tertiary/aromatic N) is 1. The molecule has 0 radical (unpaired) electrons. The summed E-state index contributed by atoms with van der Waals surface area (Å²) >= 11 is 0. The molecular weight excluding hydrogens is 200 g/mol. The Labute approximate surface area is 98.6 Å². The number of carbonyl (C=O) groups excluding carboxylic acids is 1. The van der Waals surface area contributed by atoms with E-state index in [1.54, 1.807) is 0 Å². The van der Waals surface area contributed by atoms with Crippen molar-refractivity contribution in [3.8, 4) is 0 Å². The van der Waals surface area contributed by atoms with Gasteiger partial charge in [0.1, 0.15) is 0 Å². The summed E-state index contributed by atoms with van der Waals surface area (Å²) in [6, 6.07) is -0.0300. The molecule has 2 aliphatic rings. The molecular formula is C13H24N2O. The third-order valence-corrected chi connectivity index (χ3v) is 4.60. The van der Waals surface area contributed by atoms with Crippen molar-refractivity contribution >= 4 is 5.91 Å². The highest BCUT2D eigenvalue weighted by molar-refractivity contribution is 5.81. The molecule has 3 nitrogen and oxygen atoms in total. The smallest absolute Gasteiger partial charge is 0.239 e. The standard InChI is InChI=1S/C13H24N2O/c1-11(14-2)12(16)15-9-7-13(8-10-15)5-3-4-6-13/h11,14H,3-10H2,1-2H3. The number of rotatable bonds is 2. The van der Waals surface area contributed by atoms with E-state index >= 15 is 0 Å². The van der Waals surface area contributed by atoms with Gasteiger partial charge < -0.3 is 10.2 Å². The Hall–Kier alpha value is -0.570. The van der Waals surface area contributed by atoms with Gasteiger partial charge in [0.15, 0.2) is 0 Å². The maximum Gasteiger partial charge on any atom is 0.239 e. The van der Waals surface area contributed by atoms with Gasteiger partial charge in [0.25, 0.3) is 0 Å². The van der Waals surface area contributed by atoms with Crippen LogP contribution in [0.3, 0.4) is 0 Å².